The average molecular weight is 359 g/mol. The summed E-state index contributed by atoms with van der Waals surface area (Å²) in [6.45, 7) is 1.30. The molecule has 0 heterocycles. The van der Waals surface area contributed by atoms with Crippen molar-refractivity contribution in [3.63, 3.8) is 0 Å². The van der Waals surface area contributed by atoms with Crippen molar-refractivity contribution in [1.29, 1.82) is 0 Å². The van der Waals surface area contributed by atoms with Gasteiger partial charge in [0.05, 0.1) is 4.90 Å². The van der Waals surface area contributed by atoms with Crippen molar-refractivity contribution in [2.75, 3.05) is 6.54 Å². The molecule has 118 valence electrons. The molecule has 0 aromatic heterocycles. The molecule has 2 rings (SSSR count). The smallest absolute Gasteiger partial charge is 0.238 e. The number of hydrogen-bond donors (Lipinski definition) is 2. The van der Waals surface area contributed by atoms with Crippen molar-refractivity contribution in [1.82, 2.24) is 5.32 Å². The summed E-state index contributed by atoms with van der Waals surface area (Å²) in [5, 5.41) is 9.59. The van der Waals surface area contributed by atoms with Crippen LogP contribution in [0.25, 0.3) is 0 Å². The minimum absolute atomic E-state index is 0.118. The Bertz CT molecular complexity index is 726. The van der Waals surface area contributed by atoms with Crippen molar-refractivity contribution < 1.29 is 8.42 Å². The van der Waals surface area contributed by atoms with E-state index in [-0.39, 0.29) is 4.90 Å². The Hall–Kier alpha value is -1.11. The van der Waals surface area contributed by atoms with E-state index in [1.54, 1.807) is 30.3 Å². The number of nitrogens with two attached hydrogens (primary N) is 1. The summed E-state index contributed by atoms with van der Waals surface area (Å²) in [5.41, 5.74) is 1.89. The molecule has 0 aliphatic heterocycles. The summed E-state index contributed by atoms with van der Waals surface area (Å²) in [6, 6.07) is 11.9. The number of benzene rings is 2. The summed E-state index contributed by atoms with van der Waals surface area (Å²) in [7, 11) is -3.64. The van der Waals surface area contributed by atoms with Gasteiger partial charge in [0.15, 0.2) is 0 Å². The Morgan fingerprint density at radius 1 is 1.00 bits per heavy atom. The van der Waals surface area contributed by atoms with Gasteiger partial charge in [-0.3, -0.25) is 0 Å². The normalized spacial score (nSPS) is 11.6. The zero-order chi connectivity index (χ0) is 16.2. The monoisotopic (exact) mass is 358 g/mol. The van der Waals surface area contributed by atoms with Crippen LogP contribution in [0.15, 0.2) is 47.4 Å². The van der Waals surface area contributed by atoms with Crippen LogP contribution in [0.3, 0.4) is 0 Å². The number of nitrogens with one attached hydrogen (secondary N) is 1. The average Bonchev–Trinajstić information content (AvgIpc) is 2.45. The molecule has 0 fully saturated rings. The maximum absolute atomic E-state index is 11.2. The Balaban J connectivity index is 1.87. The topological polar surface area (TPSA) is 72.2 Å². The molecule has 0 atom stereocenters. The molecule has 22 heavy (non-hydrogen) atoms. The van der Waals surface area contributed by atoms with Gasteiger partial charge in [0.2, 0.25) is 10.0 Å². The zero-order valence-electron chi connectivity index (χ0n) is 11.7. The molecule has 0 amide bonds. The maximum Gasteiger partial charge on any atom is 0.238 e. The standard InChI is InChI=1S/C15H16Cl2N2O2S/c16-14-2-1-3-15(17)13(14)10-19-9-8-11-4-6-12(7-5-11)22(18,20)21/h1-7,19H,8-10H2,(H2,18,20,21). The third kappa shape index (κ3) is 4.69. The lowest BCUT2D eigenvalue weighted by atomic mass is 10.1. The molecule has 0 saturated carbocycles. The Morgan fingerprint density at radius 3 is 2.14 bits per heavy atom. The fraction of sp³-hybridized carbons (Fsp3) is 0.200. The van der Waals surface area contributed by atoms with E-state index in [1.165, 1.54) is 12.1 Å². The highest BCUT2D eigenvalue weighted by Gasteiger charge is 2.07. The third-order valence-electron chi connectivity index (χ3n) is 3.21. The van der Waals surface area contributed by atoms with Crippen molar-refractivity contribution in [3.05, 3.63) is 63.6 Å². The molecule has 0 spiro atoms. The quantitative estimate of drug-likeness (QED) is 0.779. The Kier molecular flexibility index (Phi) is 5.83. The molecule has 0 aliphatic rings. The van der Waals surface area contributed by atoms with Gasteiger partial charge in [-0.15, -0.1) is 0 Å². The molecule has 2 aromatic rings. The summed E-state index contributed by atoms with van der Waals surface area (Å²) < 4.78 is 22.3. The first-order valence-electron chi connectivity index (χ1n) is 6.63. The van der Waals surface area contributed by atoms with Gasteiger partial charge in [0.1, 0.15) is 0 Å². The van der Waals surface area contributed by atoms with Gasteiger partial charge in [0, 0.05) is 22.2 Å². The SMILES string of the molecule is NS(=O)(=O)c1ccc(CCNCc2c(Cl)cccc2Cl)cc1. The van der Waals surface area contributed by atoms with E-state index in [0.717, 1.165) is 24.1 Å². The molecule has 7 heteroatoms. The Morgan fingerprint density at radius 2 is 1.59 bits per heavy atom. The van der Waals surface area contributed by atoms with E-state index in [2.05, 4.69) is 5.32 Å². The number of primary sulfonamides is 1. The molecule has 2 aromatic carbocycles. The number of halogens is 2. The van der Waals surface area contributed by atoms with Crippen molar-refractivity contribution >= 4 is 33.2 Å². The molecule has 0 radical (unpaired) electrons. The predicted molar refractivity (Wildman–Crippen MR) is 89.7 cm³/mol. The molecule has 0 aliphatic carbocycles. The fourth-order valence-electron chi connectivity index (χ4n) is 1.99. The summed E-state index contributed by atoms with van der Waals surface area (Å²) in [6.07, 6.45) is 0.757. The molecule has 0 saturated heterocycles. The van der Waals surface area contributed by atoms with Gasteiger partial charge in [-0.25, -0.2) is 13.6 Å². The number of hydrogen-bond acceptors (Lipinski definition) is 3. The maximum atomic E-state index is 11.2. The minimum Gasteiger partial charge on any atom is -0.312 e. The van der Waals surface area contributed by atoms with Gasteiger partial charge in [-0.1, -0.05) is 41.4 Å². The van der Waals surface area contributed by atoms with Crippen LogP contribution in [-0.2, 0) is 23.0 Å². The van der Waals surface area contributed by atoms with Gasteiger partial charge in [-0.05, 0) is 42.8 Å². The van der Waals surface area contributed by atoms with Crippen LogP contribution in [0.1, 0.15) is 11.1 Å². The molecule has 0 bridgehead atoms. The molecular weight excluding hydrogens is 343 g/mol. The van der Waals surface area contributed by atoms with E-state index in [0.29, 0.717) is 16.6 Å². The molecular formula is C15H16Cl2N2O2S. The molecule has 3 N–H and O–H groups in total. The van der Waals surface area contributed by atoms with E-state index < -0.39 is 10.0 Å². The van der Waals surface area contributed by atoms with E-state index in [4.69, 9.17) is 28.3 Å². The van der Waals surface area contributed by atoms with Crippen LogP contribution in [0.4, 0.5) is 0 Å². The van der Waals surface area contributed by atoms with Crippen LogP contribution < -0.4 is 10.5 Å². The lowest BCUT2D eigenvalue weighted by molar-refractivity contribution is 0.597. The van der Waals surface area contributed by atoms with Gasteiger partial charge < -0.3 is 5.32 Å². The number of rotatable bonds is 6. The highest BCUT2D eigenvalue weighted by Crippen LogP contribution is 2.23. The van der Waals surface area contributed by atoms with Crippen LogP contribution in [0, 0.1) is 0 Å². The van der Waals surface area contributed by atoms with Crippen LogP contribution in [0.5, 0.6) is 0 Å². The summed E-state index contributed by atoms with van der Waals surface area (Å²) in [4.78, 5) is 0.118. The first kappa shape index (κ1) is 17.2. The van der Waals surface area contributed by atoms with Crippen molar-refractivity contribution in [2.24, 2.45) is 5.14 Å². The lowest BCUT2D eigenvalue weighted by Crippen LogP contribution is -2.17. The largest absolute Gasteiger partial charge is 0.312 e. The summed E-state index contributed by atoms with van der Waals surface area (Å²) in [5.74, 6) is 0. The van der Waals surface area contributed by atoms with Gasteiger partial charge in [0.25, 0.3) is 0 Å². The van der Waals surface area contributed by atoms with Crippen LogP contribution in [-0.4, -0.2) is 15.0 Å². The first-order chi connectivity index (χ1) is 10.4. The van der Waals surface area contributed by atoms with Crippen molar-refractivity contribution in [3.8, 4) is 0 Å². The third-order valence-corrected chi connectivity index (χ3v) is 4.84. The van der Waals surface area contributed by atoms with Gasteiger partial charge in [-0.2, -0.15) is 0 Å². The second-order valence-electron chi connectivity index (χ2n) is 4.82. The van der Waals surface area contributed by atoms with Gasteiger partial charge >= 0.3 is 0 Å². The van der Waals surface area contributed by atoms with E-state index >= 15 is 0 Å². The van der Waals surface area contributed by atoms with Crippen LogP contribution >= 0.6 is 23.2 Å². The summed E-state index contributed by atoms with van der Waals surface area (Å²) >= 11 is 12.2. The highest BCUT2D eigenvalue weighted by atomic mass is 35.5. The zero-order valence-corrected chi connectivity index (χ0v) is 14.0. The van der Waals surface area contributed by atoms with Crippen molar-refractivity contribution in [2.45, 2.75) is 17.9 Å². The van der Waals surface area contributed by atoms with E-state index in [9.17, 15) is 8.42 Å². The second-order valence-corrected chi connectivity index (χ2v) is 7.19. The number of sulfonamides is 1. The molecule has 4 nitrogen and oxygen atoms in total. The Labute approximate surface area is 140 Å². The predicted octanol–water partition coefficient (Wildman–Crippen LogP) is 2.97. The van der Waals surface area contributed by atoms with E-state index in [1.807, 2.05) is 0 Å². The molecule has 0 unspecified atom stereocenters. The minimum atomic E-state index is -3.64. The fourth-order valence-corrected chi connectivity index (χ4v) is 3.04. The highest BCUT2D eigenvalue weighted by molar-refractivity contribution is 7.89. The first-order valence-corrected chi connectivity index (χ1v) is 8.93. The van der Waals surface area contributed by atoms with Crippen LogP contribution in [0.2, 0.25) is 10.0 Å². The second kappa shape index (κ2) is 7.44. The lowest BCUT2D eigenvalue weighted by Gasteiger charge is -2.09.